The van der Waals surface area contributed by atoms with E-state index >= 15 is 0 Å². The molecule has 3 atom stereocenters. The van der Waals surface area contributed by atoms with Gasteiger partial charge in [-0.05, 0) is 24.1 Å². The molecule has 5 nitrogen and oxygen atoms in total. The zero-order valence-electron chi connectivity index (χ0n) is 16.9. The minimum absolute atomic E-state index is 0.178. The summed E-state index contributed by atoms with van der Waals surface area (Å²) in [7, 11) is 1.53. The van der Waals surface area contributed by atoms with Crippen molar-refractivity contribution in [3.63, 3.8) is 0 Å². The van der Waals surface area contributed by atoms with Gasteiger partial charge in [0.2, 0.25) is 0 Å². The summed E-state index contributed by atoms with van der Waals surface area (Å²) in [5.74, 6) is -0.840. The van der Waals surface area contributed by atoms with Gasteiger partial charge in [-0.25, -0.2) is 0 Å². The molecule has 1 heterocycles. The van der Waals surface area contributed by atoms with E-state index in [4.69, 9.17) is 9.47 Å². The third kappa shape index (κ3) is 8.12. The summed E-state index contributed by atoms with van der Waals surface area (Å²) >= 11 is 0. The molecule has 0 amide bonds. The first-order valence-electron chi connectivity index (χ1n) is 9.99. The maximum absolute atomic E-state index is 11.8. The van der Waals surface area contributed by atoms with Gasteiger partial charge in [-0.15, -0.1) is 0 Å². The summed E-state index contributed by atoms with van der Waals surface area (Å²) in [5.41, 5.74) is 0.910. The third-order valence-electron chi connectivity index (χ3n) is 4.84. The van der Waals surface area contributed by atoms with Gasteiger partial charge in [0.05, 0.1) is 12.5 Å². The summed E-state index contributed by atoms with van der Waals surface area (Å²) in [6.45, 7) is 4.82. The van der Waals surface area contributed by atoms with Gasteiger partial charge in [0.25, 0.3) is 0 Å². The van der Waals surface area contributed by atoms with E-state index in [1.807, 2.05) is 0 Å². The van der Waals surface area contributed by atoms with Crippen molar-refractivity contribution in [2.45, 2.75) is 64.9 Å². The predicted molar refractivity (Wildman–Crippen MR) is 106 cm³/mol. The molecule has 0 aliphatic carbocycles. The van der Waals surface area contributed by atoms with Gasteiger partial charge in [0.1, 0.15) is 5.75 Å². The molecular formula is C22H34O5. The Hall–Kier alpha value is -1.88. The van der Waals surface area contributed by atoms with E-state index in [2.05, 4.69) is 13.8 Å². The van der Waals surface area contributed by atoms with Crippen LogP contribution in [-0.2, 0) is 25.5 Å². The lowest BCUT2D eigenvalue weighted by molar-refractivity contribution is -0.146. The molecule has 0 radical (unpaired) electrons. The Kier molecular flexibility index (Phi) is 11.4. The van der Waals surface area contributed by atoms with Crippen molar-refractivity contribution in [3.05, 3.63) is 29.8 Å². The molecule has 27 heavy (non-hydrogen) atoms. The largest absolute Gasteiger partial charge is 0.508 e. The fraction of sp³-hybridized carbons (Fsp3) is 0.636. The summed E-state index contributed by atoms with van der Waals surface area (Å²) in [6, 6.07) is 6.64. The van der Waals surface area contributed by atoms with Crippen molar-refractivity contribution in [1.29, 1.82) is 0 Å². The van der Waals surface area contributed by atoms with Crippen LogP contribution in [0.25, 0.3) is 0 Å². The van der Waals surface area contributed by atoms with Crippen LogP contribution in [0.2, 0.25) is 0 Å². The number of phenols is 1. The second-order valence-electron chi connectivity index (χ2n) is 7.05. The first-order valence-corrected chi connectivity index (χ1v) is 9.99. The number of hydrogen-bond donors (Lipinski definition) is 1. The molecule has 0 spiro atoms. The number of phenolic OH excluding ortho intramolecular Hbond substituents is 1. The highest BCUT2D eigenvalue weighted by Crippen LogP contribution is 2.31. The van der Waals surface area contributed by atoms with E-state index in [-0.39, 0.29) is 23.6 Å². The number of carbonyl (C=O) groups excluding carboxylic acids is 2. The van der Waals surface area contributed by atoms with Gasteiger partial charge in [-0.1, -0.05) is 64.5 Å². The minimum Gasteiger partial charge on any atom is -0.508 e. The van der Waals surface area contributed by atoms with Crippen LogP contribution < -0.4 is 0 Å². The number of esters is 1. The third-order valence-corrected chi connectivity index (χ3v) is 4.84. The number of unbranched alkanes of at least 4 members (excludes halogenated alkanes) is 5. The number of benzene rings is 1. The lowest BCUT2D eigenvalue weighted by atomic mass is 9.86. The van der Waals surface area contributed by atoms with Crippen molar-refractivity contribution >= 4 is 12.3 Å². The summed E-state index contributed by atoms with van der Waals surface area (Å²) in [6.07, 6.45) is 8.88. The van der Waals surface area contributed by atoms with Crippen molar-refractivity contribution < 1.29 is 24.2 Å². The van der Waals surface area contributed by atoms with E-state index in [9.17, 15) is 14.7 Å². The van der Waals surface area contributed by atoms with Crippen molar-refractivity contribution in [1.82, 2.24) is 0 Å². The molecular weight excluding hydrogens is 344 g/mol. The van der Waals surface area contributed by atoms with Gasteiger partial charge in [0, 0.05) is 13.0 Å². The normalized spacial score (nSPS) is 21.3. The van der Waals surface area contributed by atoms with Gasteiger partial charge in [-0.2, -0.15) is 0 Å². The Balaban J connectivity index is 0.000000387. The van der Waals surface area contributed by atoms with E-state index in [1.54, 1.807) is 24.3 Å². The fourth-order valence-electron chi connectivity index (χ4n) is 3.22. The number of hydrogen-bond acceptors (Lipinski definition) is 5. The van der Waals surface area contributed by atoms with Crippen molar-refractivity contribution in [2.75, 3.05) is 13.7 Å². The maximum Gasteiger partial charge on any atom is 0.310 e. The van der Waals surface area contributed by atoms with Crippen LogP contribution in [0.3, 0.4) is 0 Å². The zero-order chi connectivity index (χ0) is 20.1. The molecule has 0 aromatic heterocycles. The van der Waals surface area contributed by atoms with Crippen LogP contribution in [0.15, 0.2) is 24.3 Å². The molecule has 0 bridgehead atoms. The Labute approximate surface area is 163 Å². The van der Waals surface area contributed by atoms with Gasteiger partial charge >= 0.3 is 5.97 Å². The molecule has 1 saturated heterocycles. The van der Waals surface area contributed by atoms with E-state index in [0.29, 0.717) is 19.3 Å². The molecule has 1 aromatic carbocycles. The highest BCUT2D eigenvalue weighted by molar-refractivity contribution is 5.80. The monoisotopic (exact) mass is 378 g/mol. The molecule has 0 unspecified atom stereocenters. The van der Waals surface area contributed by atoms with E-state index < -0.39 is 6.10 Å². The number of aldehydes is 1. The van der Waals surface area contributed by atoms with Crippen LogP contribution in [0.4, 0.5) is 0 Å². The quantitative estimate of drug-likeness (QED) is 0.373. The maximum atomic E-state index is 11.8. The Bertz CT molecular complexity index is 534. The summed E-state index contributed by atoms with van der Waals surface area (Å²) in [5, 5.41) is 9.23. The summed E-state index contributed by atoms with van der Waals surface area (Å²) < 4.78 is 10.1. The zero-order valence-corrected chi connectivity index (χ0v) is 16.9. The number of rotatable bonds is 10. The molecule has 2 rings (SSSR count). The first kappa shape index (κ1) is 23.2. The Morgan fingerprint density at radius 1 is 1.07 bits per heavy atom. The average molecular weight is 379 g/mol. The van der Waals surface area contributed by atoms with Crippen LogP contribution >= 0.6 is 0 Å². The first-order chi connectivity index (χ1) is 13.1. The molecule has 5 heteroatoms. The molecule has 1 aliphatic rings. The summed E-state index contributed by atoms with van der Waals surface area (Å²) in [4.78, 5) is 22.7. The standard InChI is InChI=1S/C14H16O5.C8H18/c1-18-8-12-11(14(17)19-13(12)7-15)6-9-2-4-10(16)5-3-9;1-3-5-7-8-6-4-2/h2-5,7,11-13,16H,6,8H2,1H3;3-8H2,1-2H3/t11-,12+,13+;/m1./s1. The van der Waals surface area contributed by atoms with Crippen LogP contribution in [0, 0.1) is 11.8 Å². The number of cyclic esters (lactones) is 1. The highest BCUT2D eigenvalue weighted by atomic mass is 16.6. The number of aromatic hydroxyl groups is 1. The van der Waals surface area contributed by atoms with Crippen LogP contribution in [-0.4, -0.2) is 37.2 Å². The van der Waals surface area contributed by atoms with E-state index in [1.165, 1.54) is 45.6 Å². The molecule has 1 N–H and O–H groups in total. The van der Waals surface area contributed by atoms with Gasteiger partial charge in [0.15, 0.2) is 12.4 Å². The lowest BCUT2D eigenvalue weighted by Crippen LogP contribution is -2.27. The Morgan fingerprint density at radius 2 is 1.67 bits per heavy atom. The smallest absolute Gasteiger partial charge is 0.310 e. The molecule has 1 aliphatic heterocycles. The number of ether oxygens (including phenoxy) is 2. The van der Waals surface area contributed by atoms with Crippen molar-refractivity contribution in [3.8, 4) is 5.75 Å². The SMILES string of the molecule is CCCCCCCC.COC[C@@H]1[C@H](C=O)OC(=O)[C@@H]1Cc1ccc(O)cc1. The second kappa shape index (κ2) is 13.3. The van der Waals surface area contributed by atoms with Gasteiger partial charge in [-0.3, -0.25) is 9.59 Å². The molecule has 152 valence electrons. The topological polar surface area (TPSA) is 72.8 Å². The van der Waals surface area contributed by atoms with E-state index in [0.717, 1.165) is 5.56 Å². The molecule has 1 fully saturated rings. The van der Waals surface area contributed by atoms with Crippen LogP contribution in [0.5, 0.6) is 5.75 Å². The van der Waals surface area contributed by atoms with Crippen LogP contribution in [0.1, 0.15) is 57.9 Å². The fourth-order valence-corrected chi connectivity index (χ4v) is 3.22. The molecule has 0 saturated carbocycles. The minimum atomic E-state index is -0.727. The highest BCUT2D eigenvalue weighted by Gasteiger charge is 2.44. The Morgan fingerprint density at radius 3 is 2.15 bits per heavy atom. The number of carbonyl (C=O) groups is 2. The average Bonchev–Trinajstić information content (AvgIpc) is 2.97. The molecule has 1 aromatic rings. The lowest BCUT2D eigenvalue weighted by Gasteiger charge is -2.16. The van der Waals surface area contributed by atoms with Crippen molar-refractivity contribution in [2.24, 2.45) is 11.8 Å². The number of methoxy groups -OCH3 is 1. The predicted octanol–water partition coefficient (Wildman–Crippen LogP) is 4.30. The second-order valence-corrected chi connectivity index (χ2v) is 7.05. The van der Waals surface area contributed by atoms with Gasteiger partial charge < -0.3 is 14.6 Å².